The molecule has 1 N–H and O–H groups in total. The summed E-state index contributed by atoms with van der Waals surface area (Å²) in [6, 6.07) is 1.91. The Labute approximate surface area is 89.2 Å². The minimum atomic E-state index is -1.47. The van der Waals surface area contributed by atoms with Gasteiger partial charge in [0.2, 0.25) is 0 Å². The summed E-state index contributed by atoms with van der Waals surface area (Å²) in [6.45, 7) is 4.91. The van der Waals surface area contributed by atoms with Crippen LogP contribution in [0.2, 0.25) is 0 Å². The maximum absolute atomic E-state index is 11.7. The van der Waals surface area contributed by atoms with Crippen LogP contribution in [0.15, 0.2) is 11.8 Å². The monoisotopic (exact) mass is 209 g/mol. The molecule has 2 unspecified atom stereocenters. The molecular formula is C11H15NO3. The molecule has 0 saturated heterocycles. The van der Waals surface area contributed by atoms with Gasteiger partial charge < -0.3 is 9.84 Å². The van der Waals surface area contributed by atoms with E-state index in [0.29, 0.717) is 18.6 Å². The van der Waals surface area contributed by atoms with Crippen molar-refractivity contribution in [2.75, 3.05) is 0 Å². The van der Waals surface area contributed by atoms with Crippen LogP contribution in [0, 0.1) is 16.7 Å². The smallest absolute Gasteiger partial charge is 0.334 e. The second-order valence-electron chi connectivity index (χ2n) is 4.06. The molecule has 0 amide bonds. The summed E-state index contributed by atoms with van der Waals surface area (Å²) in [7, 11) is 0. The van der Waals surface area contributed by atoms with E-state index in [2.05, 4.69) is 0 Å². The number of ether oxygens (including phenoxy) is 1. The normalized spacial score (nSPS) is 35.4. The van der Waals surface area contributed by atoms with Crippen LogP contribution in [0.5, 0.6) is 0 Å². The van der Waals surface area contributed by atoms with Crippen molar-refractivity contribution in [3.8, 4) is 6.07 Å². The lowest BCUT2D eigenvalue weighted by Gasteiger charge is -2.39. The highest BCUT2D eigenvalue weighted by atomic mass is 16.5. The number of hydrogen-bond acceptors (Lipinski definition) is 4. The van der Waals surface area contributed by atoms with Gasteiger partial charge >= 0.3 is 5.97 Å². The third kappa shape index (κ3) is 1.64. The molecule has 15 heavy (non-hydrogen) atoms. The lowest BCUT2D eigenvalue weighted by Crippen LogP contribution is -2.52. The number of cyclic esters (lactones) is 1. The average Bonchev–Trinajstić information content (AvgIpc) is 2.10. The highest BCUT2D eigenvalue weighted by Crippen LogP contribution is 2.42. The number of carbonyl (C=O) groups is 1. The molecule has 2 atom stereocenters. The lowest BCUT2D eigenvalue weighted by atomic mass is 9.69. The standard InChI is InChI=1S/C11H15NO3/c1-4-5-11(7-12)9(13)15-8(2)6-10(11,3)14/h6,14H,4-5H2,1-3H3. The van der Waals surface area contributed by atoms with E-state index in [4.69, 9.17) is 10.00 Å². The second-order valence-corrected chi connectivity index (χ2v) is 4.06. The largest absolute Gasteiger partial charge is 0.430 e. The van der Waals surface area contributed by atoms with Gasteiger partial charge in [0.1, 0.15) is 11.4 Å². The maximum atomic E-state index is 11.7. The quantitative estimate of drug-likeness (QED) is 0.700. The van der Waals surface area contributed by atoms with Crippen molar-refractivity contribution in [3.63, 3.8) is 0 Å². The number of hydrogen-bond donors (Lipinski definition) is 1. The first kappa shape index (κ1) is 11.7. The molecule has 82 valence electrons. The Kier molecular flexibility index (Phi) is 2.87. The van der Waals surface area contributed by atoms with E-state index in [1.54, 1.807) is 6.92 Å². The van der Waals surface area contributed by atoms with Crippen molar-refractivity contribution < 1.29 is 14.6 Å². The van der Waals surface area contributed by atoms with Crippen LogP contribution in [0.3, 0.4) is 0 Å². The lowest BCUT2D eigenvalue weighted by molar-refractivity contribution is -0.163. The van der Waals surface area contributed by atoms with Crippen molar-refractivity contribution in [3.05, 3.63) is 11.8 Å². The van der Waals surface area contributed by atoms with E-state index in [9.17, 15) is 9.90 Å². The maximum Gasteiger partial charge on any atom is 0.334 e. The molecule has 0 radical (unpaired) electrons. The summed E-state index contributed by atoms with van der Waals surface area (Å²) in [5.74, 6) is -0.316. The predicted molar refractivity (Wildman–Crippen MR) is 53.4 cm³/mol. The highest BCUT2D eigenvalue weighted by molar-refractivity contribution is 5.84. The van der Waals surface area contributed by atoms with Crippen LogP contribution in [-0.2, 0) is 9.53 Å². The first-order chi connectivity index (χ1) is 6.89. The van der Waals surface area contributed by atoms with Crippen LogP contribution >= 0.6 is 0 Å². The van der Waals surface area contributed by atoms with Gasteiger partial charge in [-0.25, -0.2) is 4.79 Å². The van der Waals surface area contributed by atoms with Gasteiger partial charge in [0.15, 0.2) is 5.41 Å². The van der Waals surface area contributed by atoms with E-state index >= 15 is 0 Å². The van der Waals surface area contributed by atoms with E-state index in [1.165, 1.54) is 13.0 Å². The van der Waals surface area contributed by atoms with Crippen LogP contribution in [-0.4, -0.2) is 16.7 Å². The number of nitrogens with zero attached hydrogens (tertiary/aromatic N) is 1. The number of allylic oxidation sites excluding steroid dienone is 1. The fourth-order valence-corrected chi connectivity index (χ4v) is 1.93. The van der Waals surface area contributed by atoms with Crippen molar-refractivity contribution >= 4 is 5.97 Å². The SMILES string of the molecule is CCCC1(C#N)C(=O)OC(C)=CC1(C)O. The first-order valence-electron chi connectivity index (χ1n) is 4.95. The Bertz CT molecular complexity index is 351. The van der Waals surface area contributed by atoms with Crippen LogP contribution in [0.1, 0.15) is 33.6 Å². The summed E-state index contributed by atoms with van der Waals surface area (Å²) in [5, 5.41) is 19.3. The third-order valence-corrected chi connectivity index (χ3v) is 2.77. The molecule has 0 bridgehead atoms. The molecule has 0 spiro atoms. The highest BCUT2D eigenvalue weighted by Gasteiger charge is 2.56. The van der Waals surface area contributed by atoms with Crippen molar-refractivity contribution in [2.24, 2.45) is 5.41 Å². The van der Waals surface area contributed by atoms with E-state index in [0.717, 1.165) is 0 Å². The number of aliphatic hydroxyl groups is 1. The van der Waals surface area contributed by atoms with E-state index in [1.807, 2.05) is 13.0 Å². The molecular weight excluding hydrogens is 194 g/mol. The summed E-state index contributed by atoms with van der Waals surface area (Å²) >= 11 is 0. The van der Waals surface area contributed by atoms with Crippen molar-refractivity contribution in [1.29, 1.82) is 5.26 Å². The average molecular weight is 209 g/mol. The topological polar surface area (TPSA) is 70.3 Å². The summed E-state index contributed by atoms with van der Waals surface area (Å²) in [6.07, 6.45) is 2.35. The molecule has 1 aliphatic heterocycles. The number of carbonyl (C=O) groups excluding carboxylic acids is 1. The van der Waals surface area contributed by atoms with Gasteiger partial charge in [0.05, 0.1) is 6.07 Å². The summed E-state index contributed by atoms with van der Waals surface area (Å²) in [4.78, 5) is 11.7. The Hall–Kier alpha value is -1.34. The second kappa shape index (κ2) is 3.67. The molecule has 4 heteroatoms. The zero-order valence-electron chi connectivity index (χ0n) is 9.20. The molecule has 0 aliphatic carbocycles. The van der Waals surface area contributed by atoms with Gasteiger partial charge in [-0.3, -0.25) is 0 Å². The van der Waals surface area contributed by atoms with E-state index < -0.39 is 17.0 Å². The fourth-order valence-electron chi connectivity index (χ4n) is 1.93. The zero-order valence-corrected chi connectivity index (χ0v) is 9.20. The number of rotatable bonds is 2. The van der Waals surface area contributed by atoms with Crippen LogP contribution in [0.25, 0.3) is 0 Å². The third-order valence-electron chi connectivity index (χ3n) is 2.77. The predicted octanol–water partition coefficient (Wildman–Crippen LogP) is 1.51. The van der Waals surface area contributed by atoms with E-state index in [-0.39, 0.29) is 0 Å². The van der Waals surface area contributed by atoms with Gasteiger partial charge in [-0.05, 0) is 26.3 Å². The van der Waals surface area contributed by atoms with Gasteiger partial charge in [-0.15, -0.1) is 0 Å². The Morgan fingerprint density at radius 2 is 2.27 bits per heavy atom. The molecule has 4 nitrogen and oxygen atoms in total. The van der Waals surface area contributed by atoms with Gasteiger partial charge in [0, 0.05) is 0 Å². The molecule has 0 aromatic heterocycles. The molecule has 0 aromatic rings. The Balaban J connectivity index is 3.27. The molecule has 1 aliphatic rings. The molecule has 1 rings (SSSR count). The summed E-state index contributed by atoms with van der Waals surface area (Å²) in [5.41, 5.74) is -2.93. The van der Waals surface area contributed by atoms with Crippen LogP contribution in [0.4, 0.5) is 0 Å². The van der Waals surface area contributed by atoms with Crippen molar-refractivity contribution in [1.82, 2.24) is 0 Å². The van der Waals surface area contributed by atoms with Gasteiger partial charge in [-0.2, -0.15) is 5.26 Å². The minimum absolute atomic E-state index is 0.291. The Morgan fingerprint density at radius 1 is 1.67 bits per heavy atom. The first-order valence-corrected chi connectivity index (χ1v) is 4.95. The number of nitriles is 1. The molecule has 0 fully saturated rings. The minimum Gasteiger partial charge on any atom is -0.430 e. The molecule has 1 heterocycles. The van der Waals surface area contributed by atoms with Gasteiger partial charge in [0.25, 0.3) is 0 Å². The molecule has 0 saturated carbocycles. The van der Waals surface area contributed by atoms with Crippen LogP contribution < -0.4 is 0 Å². The molecule has 0 aromatic carbocycles. The zero-order chi connectivity index (χ0) is 11.7. The van der Waals surface area contributed by atoms with Crippen molar-refractivity contribution in [2.45, 2.75) is 39.2 Å². The number of esters is 1. The van der Waals surface area contributed by atoms with Gasteiger partial charge in [-0.1, -0.05) is 13.3 Å². The summed E-state index contributed by atoms with van der Waals surface area (Å²) < 4.78 is 4.92. The fraction of sp³-hybridized carbons (Fsp3) is 0.636. The Morgan fingerprint density at radius 3 is 2.67 bits per heavy atom.